The molecule has 114 valence electrons. The lowest BCUT2D eigenvalue weighted by Crippen LogP contribution is -2.36. The molecule has 0 fully saturated rings. The number of rotatable bonds is 7. The van der Waals surface area contributed by atoms with Gasteiger partial charge in [-0.2, -0.15) is 0 Å². The van der Waals surface area contributed by atoms with E-state index < -0.39 is 0 Å². The largest absolute Gasteiger partial charge is 0.383 e. The topological polar surface area (TPSA) is 24.5 Å². The van der Waals surface area contributed by atoms with Gasteiger partial charge in [-0.25, -0.2) is 4.39 Å². The van der Waals surface area contributed by atoms with Gasteiger partial charge in [0.25, 0.3) is 0 Å². The minimum Gasteiger partial charge on any atom is -0.383 e. The molecule has 0 radical (unpaired) electrons. The van der Waals surface area contributed by atoms with E-state index in [1.54, 1.807) is 13.2 Å². The van der Waals surface area contributed by atoms with E-state index in [0.29, 0.717) is 13.2 Å². The number of anilines is 1. The molecule has 0 aliphatic rings. The lowest BCUT2D eigenvalue weighted by molar-refractivity contribution is 0.205. The molecule has 3 nitrogen and oxygen atoms in total. The number of nitrogens with zero attached hydrogens (tertiary/aromatic N) is 1. The van der Waals surface area contributed by atoms with E-state index in [0.717, 1.165) is 24.3 Å². The predicted octanol–water partition coefficient (Wildman–Crippen LogP) is 3.19. The summed E-state index contributed by atoms with van der Waals surface area (Å²) in [4.78, 5) is 2.15. The lowest BCUT2D eigenvalue weighted by Gasteiger charge is -2.27. The minimum absolute atomic E-state index is 0.0386. The molecular weight excluding hydrogens is 255 g/mol. The number of benzene rings is 1. The number of halogens is 1. The maximum atomic E-state index is 14.1. The number of likely N-dealkylation sites (N-methyl/N-ethyl adjacent to an activating group) is 1. The van der Waals surface area contributed by atoms with Gasteiger partial charge in [0.2, 0.25) is 0 Å². The smallest absolute Gasteiger partial charge is 0.129 e. The van der Waals surface area contributed by atoms with Gasteiger partial charge >= 0.3 is 0 Å². The molecule has 0 bridgehead atoms. The van der Waals surface area contributed by atoms with Crippen LogP contribution in [0.5, 0.6) is 0 Å². The summed E-state index contributed by atoms with van der Waals surface area (Å²) in [5.41, 5.74) is 1.63. The van der Waals surface area contributed by atoms with E-state index >= 15 is 0 Å². The highest BCUT2D eigenvalue weighted by Gasteiger charge is 2.16. The molecule has 0 unspecified atom stereocenters. The molecule has 1 aromatic rings. The van der Waals surface area contributed by atoms with E-state index in [2.05, 4.69) is 37.9 Å². The predicted molar refractivity (Wildman–Crippen MR) is 82.8 cm³/mol. The van der Waals surface area contributed by atoms with Gasteiger partial charge in [-0.3, -0.25) is 0 Å². The van der Waals surface area contributed by atoms with E-state index in [9.17, 15) is 4.39 Å². The fourth-order valence-electron chi connectivity index (χ4n) is 2.02. The Kier molecular flexibility index (Phi) is 6.43. The van der Waals surface area contributed by atoms with E-state index in [-0.39, 0.29) is 11.4 Å². The number of ether oxygens (including phenoxy) is 1. The third kappa shape index (κ3) is 5.10. The molecule has 0 heterocycles. The van der Waals surface area contributed by atoms with Crippen LogP contribution in [-0.2, 0) is 11.3 Å². The number of hydrogen-bond acceptors (Lipinski definition) is 3. The van der Waals surface area contributed by atoms with Gasteiger partial charge in [-0.1, -0.05) is 6.07 Å². The van der Waals surface area contributed by atoms with E-state index in [4.69, 9.17) is 4.74 Å². The van der Waals surface area contributed by atoms with Gasteiger partial charge in [-0.05, 0) is 39.8 Å². The molecule has 0 aliphatic carbocycles. The van der Waals surface area contributed by atoms with Gasteiger partial charge in [0, 0.05) is 43.5 Å². The summed E-state index contributed by atoms with van der Waals surface area (Å²) >= 11 is 0. The van der Waals surface area contributed by atoms with Crippen molar-refractivity contribution in [3.05, 3.63) is 29.6 Å². The molecular formula is C16H27FN2O. The molecule has 0 aliphatic heterocycles. The summed E-state index contributed by atoms with van der Waals surface area (Å²) in [6, 6.07) is 5.26. The fraction of sp³-hybridized carbons (Fsp3) is 0.625. The molecule has 1 aromatic carbocycles. The molecule has 0 saturated heterocycles. The monoisotopic (exact) mass is 282 g/mol. The van der Waals surface area contributed by atoms with Crippen molar-refractivity contribution in [1.29, 1.82) is 0 Å². The molecule has 0 aromatic heterocycles. The first-order chi connectivity index (χ1) is 9.39. The van der Waals surface area contributed by atoms with Crippen molar-refractivity contribution in [2.45, 2.75) is 39.8 Å². The zero-order valence-corrected chi connectivity index (χ0v) is 13.3. The van der Waals surface area contributed by atoms with Crippen LogP contribution in [0.4, 0.5) is 10.1 Å². The number of methoxy groups -OCH3 is 1. The Bertz CT molecular complexity index is 415. The van der Waals surface area contributed by atoms with E-state index in [1.807, 2.05) is 6.07 Å². The maximum Gasteiger partial charge on any atom is 0.129 e. The van der Waals surface area contributed by atoms with Gasteiger partial charge in [-0.15, -0.1) is 0 Å². The molecule has 0 amide bonds. The third-order valence-corrected chi connectivity index (χ3v) is 3.18. The van der Waals surface area contributed by atoms with Crippen LogP contribution in [0.15, 0.2) is 18.2 Å². The SMILES string of the molecule is CCN(CCOC)c1cccc(F)c1CNC(C)(C)C. The second-order valence-electron chi connectivity index (χ2n) is 5.91. The molecule has 0 atom stereocenters. The van der Waals surface area contributed by atoms with Gasteiger partial charge in [0.15, 0.2) is 0 Å². The maximum absolute atomic E-state index is 14.1. The first-order valence-electron chi connectivity index (χ1n) is 7.15. The quantitative estimate of drug-likeness (QED) is 0.831. The third-order valence-electron chi connectivity index (χ3n) is 3.18. The van der Waals surface area contributed by atoms with Crippen LogP contribution in [-0.4, -0.2) is 32.3 Å². The van der Waals surface area contributed by atoms with Gasteiger partial charge in [0.05, 0.1) is 6.61 Å². The average molecular weight is 282 g/mol. The molecule has 1 N–H and O–H groups in total. The summed E-state index contributed by atoms with van der Waals surface area (Å²) in [7, 11) is 1.68. The Balaban J connectivity index is 2.96. The van der Waals surface area contributed by atoms with Crippen molar-refractivity contribution in [2.24, 2.45) is 0 Å². The summed E-state index contributed by atoms with van der Waals surface area (Å²) in [6.07, 6.45) is 0. The van der Waals surface area contributed by atoms with Crippen molar-refractivity contribution < 1.29 is 9.13 Å². The van der Waals surface area contributed by atoms with Gasteiger partial charge < -0.3 is 15.0 Å². The molecule has 1 rings (SSSR count). The molecule has 20 heavy (non-hydrogen) atoms. The highest BCUT2D eigenvalue weighted by molar-refractivity contribution is 5.54. The van der Waals surface area contributed by atoms with Crippen LogP contribution in [0, 0.1) is 5.82 Å². The van der Waals surface area contributed by atoms with Crippen LogP contribution in [0.1, 0.15) is 33.3 Å². The zero-order valence-electron chi connectivity index (χ0n) is 13.3. The number of nitrogens with one attached hydrogen (secondary N) is 1. The Morgan fingerprint density at radius 2 is 2.00 bits per heavy atom. The van der Waals surface area contributed by atoms with E-state index in [1.165, 1.54) is 6.07 Å². The van der Waals surface area contributed by atoms with Crippen molar-refractivity contribution in [2.75, 3.05) is 31.7 Å². The highest BCUT2D eigenvalue weighted by atomic mass is 19.1. The summed E-state index contributed by atoms with van der Waals surface area (Å²) in [6.45, 7) is 11.1. The highest BCUT2D eigenvalue weighted by Crippen LogP contribution is 2.23. The Labute approximate surface area is 122 Å². The minimum atomic E-state index is -0.157. The second-order valence-corrected chi connectivity index (χ2v) is 5.91. The Hall–Kier alpha value is -1.13. The summed E-state index contributed by atoms with van der Waals surface area (Å²) in [5.74, 6) is -0.157. The first-order valence-corrected chi connectivity index (χ1v) is 7.15. The van der Waals surface area contributed by atoms with Crippen molar-refractivity contribution in [3.8, 4) is 0 Å². The van der Waals surface area contributed by atoms with Gasteiger partial charge in [0.1, 0.15) is 5.82 Å². The summed E-state index contributed by atoms with van der Waals surface area (Å²) in [5, 5.41) is 3.36. The number of hydrogen-bond donors (Lipinski definition) is 1. The standard InChI is InChI=1S/C16H27FN2O/c1-6-19(10-11-20-5)15-9-7-8-14(17)13(15)12-18-16(2,3)4/h7-9,18H,6,10-12H2,1-5H3. The molecule has 0 saturated carbocycles. The van der Waals surface area contributed by atoms with Crippen LogP contribution < -0.4 is 10.2 Å². The second kappa shape index (κ2) is 7.60. The van der Waals surface area contributed by atoms with Crippen LogP contribution in [0.25, 0.3) is 0 Å². The lowest BCUT2D eigenvalue weighted by atomic mass is 10.1. The summed E-state index contributed by atoms with van der Waals surface area (Å²) < 4.78 is 19.3. The van der Waals surface area contributed by atoms with Crippen LogP contribution >= 0.6 is 0 Å². The zero-order chi connectivity index (χ0) is 15.2. The van der Waals surface area contributed by atoms with Crippen LogP contribution in [0.3, 0.4) is 0 Å². The van der Waals surface area contributed by atoms with Crippen molar-refractivity contribution in [3.63, 3.8) is 0 Å². The average Bonchev–Trinajstić information content (AvgIpc) is 2.37. The van der Waals surface area contributed by atoms with Crippen LogP contribution in [0.2, 0.25) is 0 Å². The van der Waals surface area contributed by atoms with Crippen molar-refractivity contribution >= 4 is 5.69 Å². The van der Waals surface area contributed by atoms with Crippen molar-refractivity contribution in [1.82, 2.24) is 5.32 Å². The Morgan fingerprint density at radius 3 is 2.55 bits per heavy atom. The molecule has 4 heteroatoms. The fourth-order valence-corrected chi connectivity index (χ4v) is 2.02. The first kappa shape index (κ1) is 16.9. The Morgan fingerprint density at radius 1 is 1.30 bits per heavy atom. The molecule has 0 spiro atoms. The normalized spacial score (nSPS) is 11.7.